The number of cyclic esters (lactones) is 1. The number of hydrogen-bond donors (Lipinski definition) is 1. The van der Waals surface area contributed by atoms with E-state index >= 15 is 0 Å². The van der Waals surface area contributed by atoms with Crippen molar-refractivity contribution in [3.05, 3.63) is 24.0 Å². The van der Waals surface area contributed by atoms with E-state index in [0.29, 0.717) is 11.4 Å². The summed E-state index contributed by atoms with van der Waals surface area (Å²) < 4.78 is 40.9. The molecule has 2 aliphatic heterocycles. The lowest BCUT2D eigenvalue weighted by molar-refractivity contribution is 0.131. The second-order valence-electron chi connectivity index (χ2n) is 6.34. The van der Waals surface area contributed by atoms with E-state index < -0.39 is 23.5 Å². The van der Waals surface area contributed by atoms with Crippen molar-refractivity contribution in [2.75, 3.05) is 43.0 Å². The molecular formula is C16H22FN3O4S. The van der Waals surface area contributed by atoms with Crippen LogP contribution in [0.25, 0.3) is 0 Å². The second-order valence-corrected chi connectivity index (χ2v) is 7.43. The van der Waals surface area contributed by atoms with Crippen molar-refractivity contribution in [2.45, 2.75) is 25.4 Å². The Labute approximate surface area is 148 Å². The molecule has 1 aromatic rings. The van der Waals surface area contributed by atoms with E-state index in [1.54, 1.807) is 12.1 Å². The molecule has 9 heteroatoms. The molecule has 2 aliphatic rings. The van der Waals surface area contributed by atoms with Crippen molar-refractivity contribution in [3.63, 3.8) is 0 Å². The average molecular weight is 371 g/mol. The highest BCUT2D eigenvalue weighted by Crippen LogP contribution is 2.29. The molecule has 0 aromatic heterocycles. The Bertz CT molecular complexity index is 669. The number of benzene rings is 1. The molecule has 2 atom stereocenters. The highest BCUT2D eigenvalue weighted by atomic mass is 32.2. The van der Waals surface area contributed by atoms with Crippen LogP contribution in [-0.2, 0) is 16.0 Å². The Hall–Kier alpha value is -1.71. The van der Waals surface area contributed by atoms with Crippen molar-refractivity contribution in [3.8, 4) is 0 Å². The molecule has 0 bridgehead atoms. The summed E-state index contributed by atoms with van der Waals surface area (Å²) >= 11 is -2.13. The summed E-state index contributed by atoms with van der Waals surface area (Å²) in [6.45, 7) is 2.02. The lowest BCUT2D eigenvalue weighted by Crippen LogP contribution is -2.33. The lowest BCUT2D eigenvalue weighted by Gasteiger charge is -2.29. The monoisotopic (exact) mass is 371 g/mol. The topological polar surface area (TPSA) is 73.3 Å². The van der Waals surface area contributed by atoms with Gasteiger partial charge >= 0.3 is 6.09 Å². The third-order valence-corrected chi connectivity index (χ3v) is 5.22. The minimum absolute atomic E-state index is 0.125. The molecule has 0 radical (unpaired) electrons. The smallest absolute Gasteiger partial charge is 0.414 e. The van der Waals surface area contributed by atoms with Crippen LogP contribution in [0.5, 0.6) is 0 Å². The van der Waals surface area contributed by atoms with Gasteiger partial charge in [-0.15, -0.1) is 0 Å². The van der Waals surface area contributed by atoms with Crippen LogP contribution in [0.1, 0.15) is 19.3 Å². The van der Waals surface area contributed by atoms with E-state index in [-0.39, 0.29) is 18.9 Å². The van der Waals surface area contributed by atoms with E-state index in [2.05, 4.69) is 0 Å². The molecule has 0 aliphatic carbocycles. The molecule has 138 valence electrons. The molecule has 0 spiro atoms. The molecule has 2 fully saturated rings. The van der Waals surface area contributed by atoms with E-state index in [4.69, 9.17) is 9.29 Å². The van der Waals surface area contributed by atoms with Crippen LogP contribution in [-0.4, -0.2) is 58.5 Å². The number of halogens is 1. The molecule has 2 heterocycles. The highest BCUT2D eigenvalue weighted by molar-refractivity contribution is 7.76. The minimum Gasteiger partial charge on any atom is -0.443 e. The Morgan fingerprint density at radius 2 is 2.08 bits per heavy atom. The third-order valence-electron chi connectivity index (χ3n) is 4.54. The van der Waals surface area contributed by atoms with Crippen molar-refractivity contribution < 1.29 is 22.7 Å². The molecule has 25 heavy (non-hydrogen) atoms. The molecule has 1 aromatic carbocycles. The van der Waals surface area contributed by atoms with Gasteiger partial charge in [0.05, 0.1) is 24.5 Å². The number of ether oxygens (including phenoxy) is 1. The molecule has 7 nitrogen and oxygen atoms in total. The normalized spacial score (nSPS) is 22.4. The highest BCUT2D eigenvalue weighted by Gasteiger charge is 2.34. The first kappa shape index (κ1) is 18.1. The van der Waals surface area contributed by atoms with Crippen molar-refractivity contribution in [2.24, 2.45) is 0 Å². The third kappa shape index (κ3) is 4.10. The van der Waals surface area contributed by atoms with Crippen LogP contribution < -0.4 is 9.80 Å². The van der Waals surface area contributed by atoms with E-state index in [0.717, 1.165) is 25.9 Å². The number of nitrogens with zero attached hydrogens (tertiary/aromatic N) is 3. The van der Waals surface area contributed by atoms with Gasteiger partial charge in [0, 0.05) is 20.1 Å². The predicted octanol–water partition coefficient (Wildman–Crippen LogP) is 2.21. The van der Waals surface area contributed by atoms with E-state index in [9.17, 15) is 13.4 Å². The Morgan fingerprint density at radius 1 is 1.36 bits per heavy atom. The van der Waals surface area contributed by atoms with E-state index in [1.807, 2.05) is 4.90 Å². The zero-order valence-corrected chi connectivity index (χ0v) is 14.9. The maximum atomic E-state index is 14.5. The summed E-state index contributed by atoms with van der Waals surface area (Å²) in [7, 11) is 1.46. The van der Waals surface area contributed by atoms with Crippen molar-refractivity contribution >= 4 is 28.7 Å². The molecular weight excluding hydrogens is 349 g/mol. The van der Waals surface area contributed by atoms with Gasteiger partial charge in [-0.3, -0.25) is 9.45 Å². The Kier molecular flexibility index (Phi) is 5.55. The molecule has 1 amide bonds. The summed E-state index contributed by atoms with van der Waals surface area (Å²) in [5.74, 6) is -0.357. The van der Waals surface area contributed by atoms with Gasteiger partial charge in [0.2, 0.25) is 11.3 Å². The van der Waals surface area contributed by atoms with Crippen LogP contribution in [0.3, 0.4) is 0 Å². The SMILES string of the molecule is CN(C[C@H]1CN(c2ccc(N3CCCCC3)c(F)c2)C(=O)O1)S(=O)O. The largest absolute Gasteiger partial charge is 0.443 e. The number of piperidine rings is 1. The van der Waals surface area contributed by atoms with Gasteiger partial charge in [-0.1, -0.05) is 0 Å². The summed E-state index contributed by atoms with van der Waals surface area (Å²) in [4.78, 5) is 15.4. The summed E-state index contributed by atoms with van der Waals surface area (Å²) in [6.07, 6.45) is 2.16. The summed E-state index contributed by atoms with van der Waals surface area (Å²) in [5.41, 5.74) is 0.988. The van der Waals surface area contributed by atoms with Gasteiger partial charge in [0.25, 0.3) is 0 Å². The first-order valence-corrected chi connectivity index (χ1v) is 9.37. The van der Waals surface area contributed by atoms with Gasteiger partial charge in [0.1, 0.15) is 11.9 Å². The van der Waals surface area contributed by atoms with E-state index in [1.165, 1.54) is 28.7 Å². The fourth-order valence-electron chi connectivity index (χ4n) is 3.23. The van der Waals surface area contributed by atoms with Crippen LogP contribution in [0.2, 0.25) is 0 Å². The van der Waals surface area contributed by atoms with Crippen LogP contribution >= 0.6 is 0 Å². The zero-order valence-electron chi connectivity index (χ0n) is 14.1. The first-order valence-electron chi connectivity index (χ1n) is 8.30. The van der Waals surface area contributed by atoms with Gasteiger partial charge in [0.15, 0.2) is 0 Å². The fraction of sp³-hybridized carbons (Fsp3) is 0.562. The van der Waals surface area contributed by atoms with Crippen LogP contribution in [0.4, 0.5) is 20.6 Å². The predicted molar refractivity (Wildman–Crippen MR) is 93.5 cm³/mol. The Balaban J connectivity index is 1.70. The average Bonchev–Trinajstić information content (AvgIpc) is 2.95. The van der Waals surface area contributed by atoms with Gasteiger partial charge in [-0.25, -0.2) is 17.7 Å². The standard InChI is InChI=1S/C16H22FN3O4S/c1-18(25(22)23)10-13-11-20(16(21)24-13)12-5-6-15(14(17)9-12)19-7-3-2-4-8-19/h5-6,9,13H,2-4,7-8,10-11H2,1H3,(H,22,23)/t13-/m0/s1. The minimum atomic E-state index is -2.13. The van der Waals surface area contributed by atoms with Crippen LogP contribution in [0.15, 0.2) is 18.2 Å². The molecule has 3 rings (SSSR count). The maximum Gasteiger partial charge on any atom is 0.414 e. The van der Waals surface area contributed by atoms with Crippen molar-refractivity contribution in [1.29, 1.82) is 0 Å². The van der Waals surface area contributed by atoms with Crippen LogP contribution in [0, 0.1) is 5.82 Å². The van der Waals surface area contributed by atoms with Gasteiger partial charge < -0.3 is 9.64 Å². The first-order chi connectivity index (χ1) is 12.0. The summed E-state index contributed by atoms with van der Waals surface area (Å²) in [6, 6.07) is 4.76. The zero-order chi connectivity index (χ0) is 18.0. The number of anilines is 2. The number of amides is 1. The Morgan fingerprint density at radius 3 is 2.72 bits per heavy atom. The van der Waals surface area contributed by atoms with Crippen molar-refractivity contribution in [1.82, 2.24) is 4.31 Å². The lowest BCUT2D eigenvalue weighted by atomic mass is 10.1. The van der Waals surface area contributed by atoms with Gasteiger partial charge in [-0.2, -0.15) is 0 Å². The molecule has 1 N–H and O–H groups in total. The maximum absolute atomic E-state index is 14.5. The van der Waals surface area contributed by atoms with Gasteiger partial charge in [-0.05, 0) is 37.5 Å². The summed E-state index contributed by atoms with van der Waals surface area (Å²) in [5, 5.41) is 0. The number of hydrogen-bond acceptors (Lipinski definition) is 4. The number of carbonyl (C=O) groups is 1. The molecule has 1 unspecified atom stereocenters. The number of carbonyl (C=O) groups excluding carboxylic acids is 1. The molecule has 2 saturated heterocycles. The number of rotatable bonds is 5. The number of likely N-dealkylation sites (N-methyl/N-ethyl adjacent to an activating group) is 1. The fourth-order valence-corrected chi connectivity index (χ4v) is 3.53. The molecule has 0 saturated carbocycles. The second kappa shape index (κ2) is 7.67. The quantitative estimate of drug-likeness (QED) is 0.804.